The van der Waals surface area contributed by atoms with Crippen LogP contribution in [-0.2, 0) is 19.9 Å². The maximum atomic E-state index is 12.6. The molecule has 1 aromatic carbocycles. The van der Waals surface area contributed by atoms with Crippen molar-refractivity contribution in [1.29, 1.82) is 0 Å². The number of hydrogen-bond donors (Lipinski definition) is 0. The average Bonchev–Trinajstić information content (AvgIpc) is 2.55. The Kier molecular flexibility index (Phi) is 5.69. The van der Waals surface area contributed by atoms with E-state index in [1.165, 1.54) is 16.4 Å². The third-order valence-electron chi connectivity index (χ3n) is 4.17. The van der Waals surface area contributed by atoms with E-state index in [-0.39, 0.29) is 54.0 Å². The summed E-state index contributed by atoms with van der Waals surface area (Å²) in [4.78, 5) is 12.3. The predicted octanol–water partition coefficient (Wildman–Crippen LogP) is 0.860. The fourth-order valence-corrected chi connectivity index (χ4v) is 5.42. The maximum Gasteiger partial charge on any atom is 0.293 e. The van der Waals surface area contributed by atoms with Gasteiger partial charge in [-0.1, -0.05) is 13.8 Å². The van der Waals surface area contributed by atoms with E-state index in [0.29, 0.717) is 0 Å². The Labute approximate surface area is 147 Å². The van der Waals surface area contributed by atoms with Gasteiger partial charge in [0.1, 0.15) is 5.69 Å². The summed E-state index contributed by atoms with van der Waals surface area (Å²) >= 11 is 0. The standard InChI is InChI=1S/C14H21N3O6S2/c1-3-16(4-2)25(22,23)12-5-6-13(14(11-12)17(18)19)15-7-9-24(20,21)10-8-15/h5-6,11H,3-4,7-10H2,1-2H3. The summed E-state index contributed by atoms with van der Waals surface area (Å²) < 4.78 is 49.4. The first-order valence-corrected chi connectivity index (χ1v) is 11.1. The molecule has 11 heteroatoms. The van der Waals surface area contributed by atoms with Crippen molar-refractivity contribution in [2.24, 2.45) is 0 Å². The van der Waals surface area contributed by atoms with Crippen LogP contribution in [0.3, 0.4) is 0 Å². The molecule has 0 aliphatic carbocycles. The first-order chi connectivity index (χ1) is 11.6. The van der Waals surface area contributed by atoms with Crippen molar-refractivity contribution < 1.29 is 21.8 Å². The highest BCUT2D eigenvalue weighted by atomic mass is 32.2. The lowest BCUT2D eigenvalue weighted by Crippen LogP contribution is -2.40. The first kappa shape index (κ1) is 19.6. The molecule has 1 saturated heterocycles. The second-order valence-electron chi connectivity index (χ2n) is 5.64. The van der Waals surface area contributed by atoms with Crippen LogP contribution in [0.5, 0.6) is 0 Å². The molecule has 0 unspecified atom stereocenters. The molecule has 140 valence electrons. The number of sulfone groups is 1. The van der Waals surface area contributed by atoms with E-state index in [0.717, 1.165) is 6.07 Å². The van der Waals surface area contributed by atoms with E-state index >= 15 is 0 Å². The number of rotatable bonds is 6. The molecule has 1 heterocycles. The Hall–Kier alpha value is -1.72. The van der Waals surface area contributed by atoms with Gasteiger partial charge in [-0.3, -0.25) is 10.1 Å². The van der Waals surface area contributed by atoms with Gasteiger partial charge in [0.2, 0.25) is 10.0 Å². The number of anilines is 1. The summed E-state index contributed by atoms with van der Waals surface area (Å²) in [6.07, 6.45) is 0. The van der Waals surface area contributed by atoms with Crippen LogP contribution in [0.25, 0.3) is 0 Å². The highest BCUT2D eigenvalue weighted by Gasteiger charge is 2.30. The molecule has 0 amide bonds. The summed E-state index contributed by atoms with van der Waals surface area (Å²) in [6, 6.07) is 3.76. The molecule has 25 heavy (non-hydrogen) atoms. The van der Waals surface area contributed by atoms with Gasteiger partial charge in [-0.2, -0.15) is 4.31 Å². The van der Waals surface area contributed by atoms with Crippen molar-refractivity contribution in [2.75, 3.05) is 42.6 Å². The maximum absolute atomic E-state index is 12.6. The zero-order valence-corrected chi connectivity index (χ0v) is 15.7. The van der Waals surface area contributed by atoms with Crippen molar-refractivity contribution in [1.82, 2.24) is 4.31 Å². The third kappa shape index (κ3) is 4.10. The van der Waals surface area contributed by atoms with Crippen LogP contribution in [0.1, 0.15) is 13.8 Å². The topological polar surface area (TPSA) is 118 Å². The number of nitro benzene ring substituents is 1. The molecule has 0 bridgehead atoms. The molecule has 0 saturated carbocycles. The largest absolute Gasteiger partial charge is 0.364 e. The number of nitrogens with zero attached hydrogens (tertiary/aromatic N) is 3. The molecule has 0 aromatic heterocycles. The van der Waals surface area contributed by atoms with Gasteiger partial charge in [-0.25, -0.2) is 16.8 Å². The zero-order chi connectivity index (χ0) is 18.8. The summed E-state index contributed by atoms with van der Waals surface area (Å²) in [7, 11) is -6.93. The fraction of sp³-hybridized carbons (Fsp3) is 0.571. The van der Waals surface area contributed by atoms with Gasteiger partial charge in [0.05, 0.1) is 21.3 Å². The Morgan fingerprint density at radius 2 is 1.76 bits per heavy atom. The summed E-state index contributed by atoms with van der Waals surface area (Å²) in [5, 5.41) is 11.4. The lowest BCUT2D eigenvalue weighted by Gasteiger charge is -2.28. The molecule has 9 nitrogen and oxygen atoms in total. The van der Waals surface area contributed by atoms with Crippen LogP contribution in [0.15, 0.2) is 23.1 Å². The van der Waals surface area contributed by atoms with E-state index in [1.807, 2.05) is 0 Å². The minimum atomic E-state index is -3.81. The van der Waals surface area contributed by atoms with Gasteiger partial charge in [0, 0.05) is 32.2 Å². The Bertz CT molecular complexity index is 849. The molecule has 1 aliphatic rings. The molecule has 0 radical (unpaired) electrons. The third-order valence-corrected chi connectivity index (χ3v) is 7.83. The van der Waals surface area contributed by atoms with Crippen molar-refractivity contribution in [3.8, 4) is 0 Å². The molecule has 1 aliphatic heterocycles. The van der Waals surface area contributed by atoms with Crippen LogP contribution in [0, 0.1) is 10.1 Å². The van der Waals surface area contributed by atoms with Crippen LogP contribution in [0.2, 0.25) is 0 Å². The molecule has 1 fully saturated rings. The predicted molar refractivity (Wildman–Crippen MR) is 94.1 cm³/mol. The van der Waals surface area contributed by atoms with Crippen LogP contribution in [-0.4, -0.2) is 63.7 Å². The van der Waals surface area contributed by atoms with Gasteiger partial charge >= 0.3 is 0 Å². The zero-order valence-electron chi connectivity index (χ0n) is 14.1. The number of hydrogen-bond acceptors (Lipinski definition) is 7. The summed E-state index contributed by atoms with van der Waals surface area (Å²) in [5.74, 6) is -0.159. The van der Waals surface area contributed by atoms with Crippen molar-refractivity contribution in [3.05, 3.63) is 28.3 Å². The van der Waals surface area contributed by atoms with Gasteiger partial charge in [0.15, 0.2) is 9.84 Å². The van der Waals surface area contributed by atoms with Crippen LogP contribution < -0.4 is 4.90 Å². The number of nitro groups is 1. The van der Waals surface area contributed by atoms with Gasteiger partial charge < -0.3 is 4.90 Å². The summed E-state index contributed by atoms with van der Waals surface area (Å²) in [6.45, 7) is 4.20. The minimum Gasteiger partial charge on any atom is -0.364 e. The molecule has 1 aromatic rings. The van der Waals surface area contributed by atoms with Crippen molar-refractivity contribution in [3.63, 3.8) is 0 Å². The Morgan fingerprint density at radius 1 is 1.20 bits per heavy atom. The van der Waals surface area contributed by atoms with Gasteiger partial charge in [0.25, 0.3) is 5.69 Å². The molecule has 0 atom stereocenters. The van der Waals surface area contributed by atoms with Gasteiger partial charge in [-0.05, 0) is 12.1 Å². The van der Waals surface area contributed by atoms with Crippen LogP contribution >= 0.6 is 0 Å². The lowest BCUT2D eigenvalue weighted by molar-refractivity contribution is -0.384. The van der Waals surface area contributed by atoms with E-state index < -0.39 is 24.8 Å². The smallest absolute Gasteiger partial charge is 0.293 e. The van der Waals surface area contributed by atoms with Crippen molar-refractivity contribution >= 4 is 31.2 Å². The number of sulfonamides is 1. The second-order valence-corrected chi connectivity index (χ2v) is 9.88. The molecule has 0 N–H and O–H groups in total. The normalized spacial score (nSPS) is 17.6. The minimum absolute atomic E-state index is 0.0797. The first-order valence-electron chi connectivity index (χ1n) is 7.86. The average molecular weight is 391 g/mol. The van der Waals surface area contributed by atoms with Gasteiger partial charge in [-0.15, -0.1) is 0 Å². The van der Waals surface area contributed by atoms with Crippen LogP contribution in [0.4, 0.5) is 11.4 Å². The SMILES string of the molecule is CCN(CC)S(=O)(=O)c1ccc(N2CCS(=O)(=O)CC2)c([N+](=O)[O-])c1. The quantitative estimate of drug-likeness (QED) is 0.521. The molecular weight excluding hydrogens is 370 g/mol. The monoisotopic (exact) mass is 391 g/mol. The highest BCUT2D eigenvalue weighted by molar-refractivity contribution is 7.91. The van der Waals surface area contributed by atoms with E-state index in [2.05, 4.69) is 0 Å². The molecule has 0 spiro atoms. The second kappa shape index (κ2) is 7.26. The van der Waals surface area contributed by atoms with E-state index in [1.54, 1.807) is 18.7 Å². The Balaban J connectivity index is 2.44. The molecular formula is C14H21N3O6S2. The number of benzene rings is 1. The fourth-order valence-electron chi connectivity index (χ4n) is 2.74. The Morgan fingerprint density at radius 3 is 2.24 bits per heavy atom. The highest BCUT2D eigenvalue weighted by Crippen LogP contribution is 2.32. The lowest BCUT2D eigenvalue weighted by atomic mass is 10.2. The molecule has 2 rings (SSSR count). The van der Waals surface area contributed by atoms with E-state index in [4.69, 9.17) is 0 Å². The van der Waals surface area contributed by atoms with Crippen molar-refractivity contribution in [2.45, 2.75) is 18.7 Å². The summed E-state index contributed by atoms with van der Waals surface area (Å²) in [5.41, 5.74) is -0.106. The van der Waals surface area contributed by atoms with E-state index in [9.17, 15) is 26.9 Å².